The predicted octanol–water partition coefficient (Wildman–Crippen LogP) is 1.65. The molecule has 0 aliphatic carbocycles. The van der Waals surface area contributed by atoms with Gasteiger partial charge < -0.3 is 4.74 Å². The van der Waals surface area contributed by atoms with E-state index >= 15 is 0 Å². The second-order valence-corrected chi connectivity index (χ2v) is 6.70. The molecular formula is C17H22N2O4. The quantitative estimate of drug-likeness (QED) is 0.841. The number of hydrogen-bond acceptors (Lipinski definition) is 4. The third-order valence-corrected chi connectivity index (χ3v) is 3.87. The molecule has 0 saturated carbocycles. The Morgan fingerprint density at radius 2 is 1.83 bits per heavy atom. The molecule has 0 aromatic heterocycles. The van der Waals surface area contributed by atoms with E-state index in [9.17, 15) is 14.4 Å². The third kappa shape index (κ3) is 3.88. The Labute approximate surface area is 135 Å². The number of methoxy groups -OCH3 is 1. The van der Waals surface area contributed by atoms with E-state index in [2.05, 4.69) is 30.9 Å². The molecule has 1 heterocycles. The van der Waals surface area contributed by atoms with Gasteiger partial charge in [-0.1, -0.05) is 32.9 Å². The van der Waals surface area contributed by atoms with Crippen LogP contribution in [0.25, 0.3) is 0 Å². The minimum atomic E-state index is -0.633. The van der Waals surface area contributed by atoms with Gasteiger partial charge in [-0.3, -0.25) is 19.8 Å². The lowest BCUT2D eigenvalue weighted by Gasteiger charge is -2.31. The van der Waals surface area contributed by atoms with Crippen LogP contribution < -0.4 is 5.43 Å². The van der Waals surface area contributed by atoms with Gasteiger partial charge in [-0.25, -0.2) is 5.01 Å². The van der Waals surface area contributed by atoms with Crippen molar-refractivity contribution in [3.05, 3.63) is 35.4 Å². The number of nitrogens with one attached hydrogen (secondary N) is 1. The first kappa shape index (κ1) is 17.0. The number of hydrogen-bond donors (Lipinski definition) is 1. The van der Waals surface area contributed by atoms with Gasteiger partial charge in [0.15, 0.2) is 0 Å². The summed E-state index contributed by atoms with van der Waals surface area (Å²) >= 11 is 0. The fourth-order valence-electron chi connectivity index (χ4n) is 2.48. The van der Waals surface area contributed by atoms with Crippen molar-refractivity contribution >= 4 is 17.8 Å². The van der Waals surface area contributed by atoms with Crippen LogP contribution in [0.5, 0.6) is 0 Å². The molecule has 6 heteroatoms. The number of nitrogens with zero attached hydrogens (tertiary/aromatic N) is 1. The van der Waals surface area contributed by atoms with E-state index in [4.69, 9.17) is 0 Å². The van der Waals surface area contributed by atoms with E-state index in [0.29, 0.717) is 5.56 Å². The van der Waals surface area contributed by atoms with Gasteiger partial charge in [-0.05, 0) is 23.1 Å². The maximum Gasteiger partial charge on any atom is 0.311 e. The van der Waals surface area contributed by atoms with Crippen molar-refractivity contribution in [2.24, 2.45) is 5.92 Å². The van der Waals surface area contributed by atoms with E-state index in [1.807, 2.05) is 12.1 Å². The zero-order valence-corrected chi connectivity index (χ0v) is 13.9. The van der Waals surface area contributed by atoms with Crippen molar-refractivity contribution in [3.8, 4) is 0 Å². The fraction of sp³-hybridized carbons (Fsp3) is 0.471. The zero-order valence-electron chi connectivity index (χ0n) is 13.9. The van der Waals surface area contributed by atoms with Crippen molar-refractivity contribution < 1.29 is 19.1 Å². The summed E-state index contributed by atoms with van der Waals surface area (Å²) < 4.78 is 4.67. The summed E-state index contributed by atoms with van der Waals surface area (Å²) in [4.78, 5) is 35.9. The lowest BCUT2D eigenvalue weighted by Crippen LogP contribution is -2.54. The lowest BCUT2D eigenvalue weighted by atomic mass is 9.86. The van der Waals surface area contributed by atoms with Crippen LogP contribution in [0.1, 0.15) is 43.1 Å². The van der Waals surface area contributed by atoms with Crippen molar-refractivity contribution in [1.29, 1.82) is 0 Å². The Hall–Kier alpha value is -2.37. The summed E-state index contributed by atoms with van der Waals surface area (Å²) in [5.74, 6) is -1.83. The second-order valence-electron chi connectivity index (χ2n) is 6.70. The Kier molecular flexibility index (Phi) is 4.73. The van der Waals surface area contributed by atoms with E-state index in [-0.39, 0.29) is 30.2 Å². The van der Waals surface area contributed by atoms with Crippen LogP contribution in [0.2, 0.25) is 0 Å². The first-order valence-corrected chi connectivity index (χ1v) is 7.52. The number of ether oxygens (including phenoxy) is 1. The Bertz CT molecular complexity index is 616. The second kappa shape index (κ2) is 6.40. The first-order chi connectivity index (χ1) is 10.7. The molecule has 1 atom stereocenters. The van der Waals surface area contributed by atoms with Gasteiger partial charge >= 0.3 is 5.97 Å². The molecule has 0 radical (unpaired) electrons. The van der Waals surface area contributed by atoms with Crippen LogP contribution in [0.3, 0.4) is 0 Å². The topological polar surface area (TPSA) is 75.7 Å². The van der Waals surface area contributed by atoms with Crippen LogP contribution in [0.4, 0.5) is 0 Å². The Balaban J connectivity index is 2.16. The molecular weight excluding hydrogens is 296 g/mol. The molecule has 6 nitrogen and oxygen atoms in total. The fourth-order valence-corrected chi connectivity index (χ4v) is 2.48. The monoisotopic (exact) mass is 318 g/mol. The van der Waals surface area contributed by atoms with E-state index in [0.717, 1.165) is 5.56 Å². The number of carbonyl (C=O) groups is 3. The number of hydrazine groups is 1. The van der Waals surface area contributed by atoms with Gasteiger partial charge in [0.05, 0.1) is 19.6 Å². The van der Waals surface area contributed by atoms with Crippen molar-refractivity contribution in [3.63, 3.8) is 0 Å². The summed E-state index contributed by atoms with van der Waals surface area (Å²) in [5, 5.41) is 1.18. The lowest BCUT2D eigenvalue weighted by molar-refractivity contribution is -0.151. The Morgan fingerprint density at radius 3 is 2.35 bits per heavy atom. The molecule has 124 valence electrons. The van der Waals surface area contributed by atoms with Gasteiger partial charge in [-0.2, -0.15) is 0 Å². The molecule has 1 aliphatic heterocycles. The molecule has 1 aromatic carbocycles. The summed E-state index contributed by atoms with van der Waals surface area (Å²) in [5.41, 5.74) is 4.08. The van der Waals surface area contributed by atoms with Gasteiger partial charge in [-0.15, -0.1) is 0 Å². The number of esters is 1. The molecule has 23 heavy (non-hydrogen) atoms. The molecule has 1 N–H and O–H groups in total. The molecule has 1 aliphatic rings. The highest BCUT2D eigenvalue weighted by Crippen LogP contribution is 2.23. The summed E-state index contributed by atoms with van der Waals surface area (Å²) in [6, 6.07) is 7.27. The number of rotatable bonds is 2. The average Bonchev–Trinajstić information content (AvgIpc) is 2.52. The van der Waals surface area contributed by atoms with E-state index < -0.39 is 11.9 Å². The molecule has 0 spiro atoms. The summed E-state index contributed by atoms with van der Waals surface area (Å²) in [6.45, 7) is 6.39. The van der Waals surface area contributed by atoms with Crippen LogP contribution in [0, 0.1) is 5.92 Å². The van der Waals surface area contributed by atoms with Crippen molar-refractivity contribution in [2.75, 3.05) is 13.7 Å². The standard InChI is InChI=1S/C17H22N2O4/c1-17(2,3)13-7-5-11(6-8-13)15(21)19-10-12(16(22)23-4)9-14(20)18-19/h5-8,12H,9-10H2,1-4H3,(H,18,20). The molecule has 2 amide bonds. The largest absolute Gasteiger partial charge is 0.469 e. The molecule has 2 rings (SSSR count). The first-order valence-electron chi connectivity index (χ1n) is 7.52. The normalized spacial score (nSPS) is 18.3. The third-order valence-electron chi connectivity index (χ3n) is 3.87. The molecule has 1 saturated heterocycles. The molecule has 1 unspecified atom stereocenters. The summed E-state index contributed by atoms with van der Waals surface area (Å²) in [7, 11) is 1.27. The van der Waals surface area contributed by atoms with E-state index in [1.54, 1.807) is 12.1 Å². The highest BCUT2D eigenvalue weighted by Gasteiger charge is 2.33. The summed E-state index contributed by atoms with van der Waals surface area (Å²) in [6.07, 6.45) is 0.0272. The SMILES string of the molecule is COC(=O)C1CC(=O)NN(C(=O)c2ccc(C(C)(C)C)cc2)C1. The number of benzene rings is 1. The minimum Gasteiger partial charge on any atom is -0.469 e. The highest BCUT2D eigenvalue weighted by molar-refractivity contribution is 5.97. The molecule has 1 fully saturated rings. The van der Waals surface area contributed by atoms with Gasteiger partial charge in [0, 0.05) is 12.0 Å². The van der Waals surface area contributed by atoms with Crippen LogP contribution in [-0.4, -0.2) is 36.4 Å². The highest BCUT2D eigenvalue weighted by atomic mass is 16.5. The van der Waals surface area contributed by atoms with E-state index in [1.165, 1.54) is 12.1 Å². The number of carbonyl (C=O) groups excluding carboxylic acids is 3. The average molecular weight is 318 g/mol. The smallest absolute Gasteiger partial charge is 0.311 e. The maximum atomic E-state index is 12.5. The van der Waals surface area contributed by atoms with Gasteiger partial charge in [0.2, 0.25) is 5.91 Å². The zero-order chi connectivity index (χ0) is 17.2. The van der Waals surface area contributed by atoms with Crippen LogP contribution in [-0.2, 0) is 19.7 Å². The van der Waals surface area contributed by atoms with Gasteiger partial charge in [0.25, 0.3) is 5.91 Å². The van der Waals surface area contributed by atoms with Crippen molar-refractivity contribution in [2.45, 2.75) is 32.6 Å². The molecule has 0 bridgehead atoms. The predicted molar refractivity (Wildman–Crippen MR) is 84.4 cm³/mol. The van der Waals surface area contributed by atoms with Crippen LogP contribution >= 0.6 is 0 Å². The van der Waals surface area contributed by atoms with Crippen molar-refractivity contribution in [1.82, 2.24) is 10.4 Å². The maximum absolute atomic E-state index is 12.5. The van der Waals surface area contributed by atoms with Crippen LogP contribution in [0.15, 0.2) is 24.3 Å². The molecule has 1 aromatic rings. The minimum absolute atomic E-state index is 0.00308. The van der Waals surface area contributed by atoms with Gasteiger partial charge in [0.1, 0.15) is 0 Å². The Morgan fingerprint density at radius 1 is 1.22 bits per heavy atom. The number of amides is 2.